The SMILES string of the molecule is CC(C)NC(=O)C(C)N(Cc1cccc(Cl)c1)C(=O)CN(c1ccc(Cl)c(C(F)(F)F)c1)S(C)(=O)=O. The van der Waals surface area contributed by atoms with E-state index >= 15 is 0 Å². The topological polar surface area (TPSA) is 86.8 Å². The molecule has 1 N–H and O–H groups in total. The highest BCUT2D eigenvalue weighted by Crippen LogP contribution is 2.37. The molecule has 2 rings (SSSR count). The smallest absolute Gasteiger partial charge is 0.352 e. The molecular formula is C23H26Cl2F3N3O4S. The van der Waals surface area contributed by atoms with E-state index in [4.69, 9.17) is 23.2 Å². The fraction of sp³-hybridized carbons (Fsp3) is 0.391. The van der Waals surface area contributed by atoms with Crippen LogP contribution < -0.4 is 9.62 Å². The molecule has 0 heterocycles. The van der Waals surface area contributed by atoms with Gasteiger partial charge in [0, 0.05) is 17.6 Å². The molecule has 0 radical (unpaired) electrons. The van der Waals surface area contributed by atoms with Gasteiger partial charge < -0.3 is 10.2 Å². The number of halogens is 5. The second kappa shape index (κ2) is 11.7. The van der Waals surface area contributed by atoms with Crippen LogP contribution in [-0.2, 0) is 32.3 Å². The third kappa shape index (κ3) is 8.01. The van der Waals surface area contributed by atoms with Gasteiger partial charge in [-0.2, -0.15) is 13.2 Å². The molecule has 13 heteroatoms. The van der Waals surface area contributed by atoms with E-state index in [9.17, 15) is 31.2 Å². The number of alkyl halides is 3. The molecule has 0 aliphatic carbocycles. The number of sulfonamides is 1. The molecule has 0 aromatic heterocycles. The van der Waals surface area contributed by atoms with Crippen molar-refractivity contribution in [2.24, 2.45) is 0 Å². The molecule has 0 saturated heterocycles. The number of benzene rings is 2. The molecule has 7 nitrogen and oxygen atoms in total. The van der Waals surface area contributed by atoms with Crippen molar-refractivity contribution in [2.45, 2.75) is 45.6 Å². The molecule has 1 atom stereocenters. The summed E-state index contributed by atoms with van der Waals surface area (Å²) >= 11 is 11.7. The minimum atomic E-state index is -4.84. The predicted molar refractivity (Wildman–Crippen MR) is 133 cm³/mol. The second-order valence-corrected chi connectivity index (χ2v) is 11.2. The first-order valence-corrected chi connectivity index (χ1v) is 13.3. The van der Waals surface area contributed by atoms with Crippen molar-refractivity contribution in [3.8, 4) is 0 Å². The largest absolute Gasteiger partial charge is 0.417 e. The molecule has 0 saturated carbocycles. The molecule has 2 aromatic carbocycles. The summed E-state index contributed by atoms with van der Waals surface area (Å²) in [5.41, 5.74) is -1.08. The van der Waals surface area contributed by atoms with Crippen molar-refractivity contribution < 1.29 is 31.2 Å². The van der Waals surface area contributed by atoms with Gasteiger partial charge in [0.25, 0.3) is 0 Å². The summed E-state index contributed by atoms with van der Waals surface area (Å²) < 4.78 is 65.7. The Kier molecular flexibility index (Phi) is 9.66. The average molecular weight is 568 g/mol. The van der Waals surface area contributed by atoms with E-state index in [0.29, 0.717) is 21.0 Å². The van der Waals surface area contributed by atoms with E-state index < -0.39 is 56.9 Å². The summed E-state index contributed by atoms with van der Waals surface area (Å²) in [4.78, 5) is 27.2. The van der Waals surface area contributed by atoms with Crippen LogP contribution in [0.2, 0.25) is 10.0 Å². The lowest BCUT2D eigenvalue weighted by Crippen LogP contribution is -2.52. The van der Waals surface area contributed by atoms with Crippen LogP contribution in [0.4, 0.5) is 18.9 Å². The number of anilines is 1. The van der Waals surface area contributed by atoms with Crippen LogP contribution in [0.3, 0.4) is 0 Å². The molecule has 198 valence electrons. The normalized spacial score (nSPS) is 12.8. The van der Waals surface area contributed by atoms with Crippen LogP contribution >= 0.6 is 23.2 Å². The van der Waals surface area contributed by atoms with Gasteiger partial charge in [-0.25, -0.2) is 8.42 Å². The molecule has 0 spiro atoms. The maximum atomic E-state index is 13.4. The predicted octanol–water partition coefficient (Wildman–Crippen LogP) is 4.72. The summed E-state index contributed by atoms with van der Waals surface area (Å²) in [6, 6.07) is 7.80. The van der Waals surface area contributed by atoms with E-state index in [0.717, 1.165) is 23.3 Å². The highest BCUT2D eigenvalue weighted by atomic mass is 35.5. The molecule has 0 aliphatic rings. The zero-order valence-corrected chi connectivity index (χ0v) is 22.3. The van der Waals surface area contributed by atoms with Gasteiger partial charge in [0.05, 0.1) is 22.5 Å². The lowest BCUT2D eigenvalue weighted by molar-refractivity contribution is -0.139. The van der Waals surface area contributed by atoms with Crippen molar-refractivity contribution in [2.75, 3.05) is 17.1 Å². The Morgan fingerprint density at radius 1 is 1.06 bits per heavy atom. The molecule has 2 aromatic rings. The zero-order valence-electron chi connectivity index (χ0n) is 19.9. The van der Waals surface area contributed by atoms with Crippen LogP contribution in [0.15, 0.2) is 42.5 Å². The quantitative estimate of drug-likeness (QED) is 0.475. The van der Waals surface area contributed by atoms with Crippen molar-refractivity contribution in [3.05, 3.63) is 63.6 Å². The van der Waals surface area contributed by atoms with Crippen LogP contribution in [0.1, 0.15) is 31.9 Å². The Morgan fingerprint density at radius 2 is 1.69 bits per heavy atom. The maximum absolute atomic E-state index is 13.4. The Hall–Kier alpha value is -2.50. The van der Waals surface area contributed by atoms with Crippen molar-refractivity contribution in [1.82, 2.24) is 10.2 Å². The van der Waals surface area contributed by atoms with Gasteiger partial charge in [-0.05, 0) is 56.7 Å². The van der Waals surface area contributed by atoms with Gasteiger partial charge in [-0.1, -0.05) is 35.3 Å². The molecule has 36 heavy (non-hydrogen) atoms. The summed E-state index contributed by atoms with van der Waals surface area (Å²) in [7, 11) is -4.21. The third-order valence-corrected chi connectivity index (χ3v) is 6.77. The number of carbonyl (C=O) groups is 2. The monoisotopic (exact) mass is 567 g/mol. The van der Waals surface area contributed by atoms with Crippen LogP contribution in [0.25, 0.3) is 0 Å². The lowest BCUT2D eigenvalue weighted by atomic mass is 10.1. The second-order valence-electron chi connectivity index (χ2n) is 8.42. The first-order valence-electron chi connectivity index (χ1n) is 10.7. The molecular weight excluding hydrogens is 542 g/mol. The third-order valence-electron chi connectivity index (χ3n) is 5.06. The molecule has 0 fully saturated rings. The Morgan fingerprint density at radius 3 is 2.22 bits per heavy atom. The first kappa shape index (κ1) is 29.7. The highest BCUT2D eigenvalue weighted by Gasteiger charge is 2.35. The van der Waals surface area contributed by atoms with Crippen molar-refractivity contribution in [1.29, 1.82) is 0 Å². The van der Waals surface area contributed by atoms with Gasteiger partial charge in [-0.15, -0.1) is 0 Å². The number of hydrogen-bond acceptors (Lipinski definition) is 4. The molecule has 1 unspecified atom stereocenters. The van der Waals surface area contributed by atoms with Gasteiger partial charge >= 0.3 is 6.18 Å². The number of hydrogen-bond donors (Lipinski definition) is 1. The maximum Gasteiger partial charge on any atom is 0.417 e. The fourth-order valence-electron chi connectivity index (χ4n) is 3.32. The lowest BCUT2D eigenvalue weighted by Gasteiger charge is -2.32. The number of nitrogens with zero attached hydrogens (tertiary/aromatic N) is 2. The van der Waals surface area contributed by atoms with Gasteiger partial charge in [0.2, 0.25) is 21.8 Å². The van der Waals surface area contributed by atoms with Gasteiger partial charge in [0.1, 0.15) is 12.6 Å². The summed E-state index contributed by atoms with van der Waals surface area (Å²) in [5, 5.41) is 2.46. The van der Waals surface area contributed by atoms with Crippen LogP contribution in [0.5, 0.6) is 0 Å². The minimum Gasteiger partial charge on any atom is -0.352 e. The molecule has 0 aliphatic heterocycles. The highest BCUT2D eigenvalue weighted by molar-refractivity contribution is 7.92. The summed E-state index contributed by atoms with van der Waals surface area (Å²) in [6.45, 7) is 3.99. The van der Waals surface area contributed by atoms with Crippen LogP contribution in [-0.4, -0.2) is 50.0 Å². The Balaban J connectivity index is 2.48. The van der Waals surface area contributed by atoms with E-state index in [2.05, 4.69) is 5.32 Å². The fourth-order valence-corrected chi connectivity index (χ4v) is 4.60. The number of carbonyl (C=O) groups excluding carboxylic acids is 2. The standard InChI is InChI=1S/C23H26Cl2F3N3O4S/c1-14(2)29-22(33)15(3)30(12-16-6-5-7-17(24)10-16)21(32)13-31(36(4,34)35)18-8-9-20(25)19(11-18)23(26,27)28/h5-11,14-15H,12-13H2,1-4H3,(H,29,33). The van der Waals surface area contributed by atoms with Gasteiger partial charge in [-0.3, -0.25) is 13.9 Å². The van der Waals surface area contributed by atoms with Crippen LogP contribution in [0, 0.1) is 0 Å². The van der Waals surface area contributed by atoms with Crippen molar-refractivity contribution in [3.63, 3.8) is 0 Å². The van der Waals surface area contributed by atoms with Gasteiger partial charge in [0.15, 0.2) is 0 Å². The van der Waals surface area contributed by atoms with Crippen molar-refractivity contribution >= 4 is 50.7 Å². The van der Waals surface area contributed by atoms with E-state index in [1.54, 1.807) is 38.1 Å². The summed E-state index contributed by atoms with van der Waals surface area (Å²) in [5.74, 6) is -1.30. The summed E-state index contributed by atoms with van der Waals surface area (Å²) in [6.07, 6.45) is -4.08. The zero-order chi connectivity index (χ0) is 27.4. The number of rotatable bonds is 9. The molecule has 2 amide bonds. The molecule has 0 bridgehead atoms. The van der Waals surface area contributed by atoms with E-state index in [1.807, 2.05) is 0 Å². The Bertz CT molecular complexity index is 1220. The van der Waals surface area contributed by atoms with E-state index in [1.165, 1.54) is 6.92 Å². The number of amides is 2. The first-order chi connectivity index (χ1) is 16.5. The Labute approximate surface area is 218 Å². The average Bonchev–Trinajstić information content (AvgIpc) is 2.73. The van der Waals surface area contributed by atoms with E-state index in [-0.39, 0.29) is 12.6 Å². The minimum absolute atomic E-state index is 0.0991. The number of nitrogens with one attached hydrogen (secondary N) is 1.